The predicted molar refractivity (Wildman–Crippen MR) is 180 cm³/mol. The molecule has 3 unspecified atom stereocenters. The van der Waals surface area contributed by atoms with Crippen molar-refractivity contribution in [3.8, 4) is 5.75 Å². The van der Waals surface area contributed by atoms with Gasteiger partial charge in [-0.25, -0.2) is 4.79 Å². The number of piperidine rings is 1. The van der Waals surface area contributed by atoms with E-state index in [2.05, 4.69) is 16.7 Å². The van der Waals surface area contributed by atoms with Crippen molar-refractivity contribution in [3.63, 3.8) is 0 Å². The van der Waals surface area contributed by atoms with Gasteiger partial charge in [-0.2, -0.15) is 0 Å². The molecule has 0 bridgehead atoms. The van der Waals surface area contributed by atoms with Crippen molar-refractivity contribution in [3.05, 3.63) is 71.3 Å². The van der Waals surface area contributed by atoms with Crippen molar-refractivity contribution >= 4 is 30.0 Å². The third kappa shape index (κ3) is 8.73. The molecule has 3 amide bonds. The molecule has 2 aromatic carbocycles. The summed E-state index contributed by atoms with van der Waals surface area (Å²) in [7, 11) is 0. The lowest BCUT2D eigenvalue weighted by atomic mass is 9.65. The Labute approximate surface area is 277 Å². The van der Waals surface area contributed by atoms with Gasteiger partial charge >= 0.3 is 12.1 Å². The van der Waals surface area contributed by atoms with Gasteiger partial charge in [-0.05, 0) is 71.9 Å². The number of aliphatic carboxylic acids is 1. The molecule has 10 heteroatoms. The summed E-state index contributed by atoms with van der Waals surface area (Å²) in [5.74, 6) is -1.82. The molecule has 0 saturated carbocycles. The van der Waals surface area contributed by atoms with Gasteiger partial charge in [0.15, 0.2) is 0 Å². The number of amides is 3. The summed E-state index contributed by atoms with van der Waals surface area (Å²) in [6.07, 6.45) is 3.73. The molecule has 2 aliphatic rings. The molecule has 10 nitrogen and oxygen atoms in total. The lowest BCUT2D eigenvalue weighted by Crippen LogP contribution is -2.64. The van der Waals surface area contributed by atoms with Crippen LogP contribution in [0.3, 0.4) is 0 Å². The second-order valence-electron chi connectivity index (χ2n) is 14.1. The van der Waals surface area contributed by atoms with Gasteiger partial charge in [-0.15, -0.1) is 0 Å². The summed E-state index contributed by atoms with van der Waals surface area (Å²) in [5.41, 5.74) is -0.369. The maximum Gasteiger partial charge on any atom is 0.408 e. The largest absolute Gasteiger partial charge is 0.493 e. The van der Waals surface area contributed by atoms with E-state index in [-0.39, 0.29) is 12.5 Å². The molecule has 254 valence electrons. The van der Waals surface area contributed by atoms with Crippen LogP contribution in [0.5, 0.6) is 5.75 Å². The number of likely N-dealkylation sites (tertiary alicyclic amines) is 1. The average Bonchev–Trinajstić information content (AvgIpc) is 3.24. The Balaban J connectivity index is 1.84. The highest BCUT2D eigenvalue weighted by atomic mass is 16.6. The SMILES string of the molecule is CCC(Cc1ccccc1)(C1=Cc2ccccc2OCC1)C(NC(=O)C(C)(C)NC(=O)OC(C)(C)C)C(=O)N1CCCC(C(=O)O)C1. The number of rotatable bonds is 10. The summed E-state index contributed by atoms with van der Waals surface area (Å²) in [5, 5.41) is 15.6. The number of para-hydroxylation sites is 1. The molecule has 0 aliphatic carbocycles. The first-order valence-corrected chi connectivity index (χ1v) is 16.5. The number of carbonyl (C=O) groups is 4. The standard InChI is InChI=1S/C37H49N3O7/c1-7-37(23-25-14-9-8-10-15-25,28-19-21-46-29-18-12-11-16-26(29)22-28)30(31(41)40-20-13-17-27(24-40)32(42)43)38-33(44)36(5,6)39-34(45)47-35(2,3)4/h8-12,14-16,18,22,27,30H,7,13,17,19-21,23-24H2,1-6H3,(H,38,44)(H,39,45)(H,42,43). The number of nitrogens with zero attached hydrogens (tertiary/aromatic N) is 1. The highest BCUT2D eigenvalue weighted by Gasteiger charge is 2.49. The Bertz CT molecular complexity index is 1480. The second-order valence-corrected chi connectivity index (χ2v) is 14.1. The summed E-state index contributed by atoms with van der Waals surface area (Å²) in [6, 6.07) is 16.5. The number of hydrogen-bond acceptors (Lipinski definition) is 6. The summed E-state index contributed by atoms with van der Waals surface area (Å²) >= 11 is 0. The Hall–Kier alpha value is -4.34. The predicted octanol–water partition coefficient (Wildman–Crippen LogP) is 5.60. The second kappa shape index (κ2) is 14.6. The Morgan fingerprint density at radius 3 is 2.36 bits per heavy atom. The monoisotopic (exact) mass is 647 g/mol. The first-order chi connectivity index (χ1) is 22.1. The minimum Gasteiger partial charge on any atom is -0.493 e. The number of nitrogens with one attached hydrogen (secondary N) is 2. The molecule has 4 rings (SSSR count). The first-order valence-electron chi connectivity index (χ1n) is 16.5. The number of hydrogen-bond donors (Lipinski definition) is 3. The minimum atomic E-state index is -1.45. The number of alkyl carbamates (subject to hydrolysis) is 1. The fourth-order valence-electron chi connectivity index (χ4n) is 6.50. The Morgan fingerprint density at radius 2 is 1.70 bits per heavy atom. The highest BCUT2D eigenvalue weighted by Crippen LogP contribution is 2.44. The normalized spacial score (nSPS) is 18.6. The minimum absolute atomic E-state index is 0.0518. The van der Waals surface area contributed by atoms with E-state index in [0.29, 0.717) is 45.3 Å². The van der Waals surface area contributed by atoms with Crippen LogP contribution in [0.25, 0.3) is 6.08 Å². The van der Waals surface area contributed by atoms with Crippen LogP contribution >= 0.6 is 0 Å². The van der Waals surface area contributed by atoms with E-state index in [1.807, 2.05) is 61.5 Å². The number of carbonyl (C=O) groups excluding carboxylic acids is 3. The van der Waals surface area contributed by atoms with E-state index in [4.69, 9.17) is 9.47 Å². The zero-order valence-electron chi connectivity index (χ0n) is 28.4. The molecule has 2 aromatic rings. The molecule has 1 saturated heterocycles. The molecule has 3 N–H and O–H groups in total. The van der Waals surface area contributed by atoms with Gasteiger partial charge in [0.1, 0.15) is 22.9 Å². The van der Waals surface area contributed by atoms with Gasteiger partial charge in [0, 0.05) is 30.5 Å². The molecular weight excluding hydrogens is 598 g/mol. The van der Waals surface area contributed by atoms with E-state index in [1.165, 1.54) is 0 Å². The van der Waals surface area contributed by atoms with E-state index in [1.54, 1.807) is 39.5 Å². The van der Waals surface area contributed by atoms with Crippen LogP contribution in [0.1, 0.15) is 78.4 Å². The number of carboxylic acids is 1. The van der Waals surface area contributed by atoms with Crippen LogP contribution < -0.4 is 15.4 Å². The molecule has 47 heavy (non-hydrogen) atoms. The fraction of sp³-hybridized carbons (Fsp3) is 0.514. The van der Waals surface area contributed by atoms with Gasteiger partial charge in [0.05, 0.1) is 12.5 Å². The third-order valence-corrected chi connectivity index (χ3v) is 9.05. The molecule has 1 fully saturated rings. The van der Waals surface area contributed by atoms with E-state index in [9.17, 15) is 24.3 Å². The van der Waals surface area contributed by atoms with Gasteiger partial charge in [-0.3, -0.25) is 14.4 Å². The quantitative estimate of drug-likeness (QED) is 0.306. The van der Waals surface area contributed by atoms with Crippen molar-refractivity contribution in [1.29, 1.82) is 0 Å². The maximum atomic E-state index is 14.9. The Morgan fingerprint density at radius 1 is 1.02 bits per heavy atom. The van der Waals surface area contributed by atoms with Crippen LogP contribution in [-0.4, -0.2) is 70.8 Å². The number of fused-ring (bicyclic) bond motifs is 1. The lowest BCUT2D eigenvalue weighted by Gasteiger charge is -2.45. The Kier molecular flexibility index (Phi) is 11.0. The smallest absolute Gasteiger partial charge is 0.408 e. The van der Waals surface area contributed by atoms with Gasteiger partial charge < -0.3 is 30.1 Å². The number of carboxylic acid groups (broad SMARTS) is 1. The molecule has 2 aliphatic heterocycles. The zero-order valence-corrected chi connectivity index (χ0v) is 28.4. The number of ether oxygens (including phenoxy) is 2. The van der Waals surface area contributed by atoms with Crippen molar-refractivity contribution in [2.75, 3.05) is 19.7 Å². The molecule has 0 aromatic heterocycles. The summed E-state index contributed by atoms with van der Waals surface area (Å²) < 4.78 is 11.6. The van der Waals surface area contributed by atoms with Crippen LogP contribution in [-0.2, 0) is 25.5 Å². The van der Waals surface area contributed by atoms with Crippen molar-refractivity contribution < 1.29 is 33.8 Å². The lowest BCUT2D eigenvalue weighted by molar-refractivity contribution is -0.148. The topological polar surface area (TPSA) is 134 Å². The van der Waals surface area contributed by atoms with Gasteiger partial charge in [0.25, 0.3) is 0 Å². The summed E-state index contributed by atoms with van der Waals surface area (Å²) in [4.78, 5) is 55.4. The molecule has 0 radical (unpaired) electrons. The zero-order chi connectivity index (χ0) is 34.4. The van der Waals surface area contributed by atoms with Crippen molar-refractivity contribution in [1.82, 2.24) is 15.5 Å². The average molecular weight is 648 g/mol. The van der Waals surface area contributed by atoms with Crippen LogP contribution in [0.2, 0.25) is 0 Å². The van der Waals surface area contributed by atoms with E-state index in [0.717, 1.165) is 22.4 Å². The van der Waals surface area contributed by atoms with Gasteiger partial charge in [0.2, 0.25) is 11.8 Å². The first kappa shape index (κ1) is 35.5. The molecule has 0 spiro atoms. The third-order valence-electron chi connectivity index (χ3n) is 9.05. The van der Waals surface area contributed by atoms with Crippen LogP contribution in [0.15, 0.2) is 60.2 Å². The van der Waals surface area contributed by atoms with Crippen molar-refractivity contribution in [2.45, 2.75) is 90.8 Å². The molecule has 2 heterocycles. The number of benzene rings is 2. The van der Waals surface area contributed by atoms with Crippen LogP contribution in [0, 0.1) is 11.3 Å². The molecular formula is C37H49N3O7. The van der Waals surface area contributed by atoms with Crippen molar-refractivity contribution in [2.24, 2.45) is 11.3 Å². The van der Waals surface area contributed by atoms with E-state index >= 15 is 0 Å². The summed E-state index contributed by atoms with van der Waals surface area (Å²) in [6.45, 7) is 11.2. The molecule has 3 atom stereocenters. The fourth-order valence-corrected chi connectivity index (χ4v) is 6.50. The van der Waals surface area contributed by atoms with E-state index < -0.39 is 46.5 Å². The van der Waals surface area contributed by atoms with Crippen LogP contribution in [0.4, 0.5) is 4.79 Å². The van der Waals surface area contributed by atoms with Gasteiger partial charge in [-0.1, -0.05) is 67.1 Å². The maximum absolute atomic E-state index is 14.9. The highest BCUT2D eigenvalue weighted by molar-refractivity contribution is 5.94.